The van der Waals surface area contributed by atoms with Gasteiger partial charge in [-0.05, 0) is 32.9 Å². The number of benzene rings is 1. The van der Waals surface area contributed by atoms with Crippen LogP contribution in [0.3, 0.4) is 0 Å². The second kappa shape index (κ2) is 5.74. The van der Waals surface area contributed by atoms with E-state index in [-0.39, 0.29) is 23.9 Å². The number of amides is 1. The van der Waals surface area contributed by atoms with Gasteiger partial charge in [0.15, 0.2) is 0 Å². The van der Waals surface area contributed by atoms with Crippen molar-refractivity contribution in [2.24, 2.45) is 0 Å². The molecule has 2 rings (SSSR count). The van der Waals surface area contributed by atoms with Gasteiger partial charge < -0.3 is 9.88 Å². The molecule has 0 saturated heterocycles. The molecule has 0 aliphatic heterocycles. The summed E-state index contributed by atoms with van der Waals surface area (Å²) < 4.78 is 1.75. The maximum Gasteiger partial charge on any atom is 0.240 e. The molecule has 6 heteroatoms. The predicted molar refractivity (Wildman–Crippen MR) is 81.9 cm³/mol. The smallest absolute Gasteiger partial charge is 0.240 e. The summed E-state index contributed by atoms with van der Waals surface area (Å²) in [5.74, 6) is 0.650. The topological polar surface area (TPSA) is 70.7 Å². The minimum absolute atomic E-state index is 0.115. The number of nitriles is 1. The number of fused-ring (bicyclic) bond motifs is 1. The van der Waals surface area contributed by atoms with Crippen molar-refractivity contribution in [1.82, 2.24) is 14.9 Å². The zero-order valence-corrected chi connectivity index (χ0v) is 13.0. The number of para-hydroxylation sites is 1. The lowest BCUT2D eigenvalue weighted by Crippen LogP contribution is -2.42. The largest absolute Gasteiger partial charge is 0.350 e. The number of halogens is 1. The van der Waals surface area contributed by atoms with Crippen LogP contribution >= 0.6 is 11.6 Å². The summed E-state index contributed by atoms with van der Waals surface area (Å²) in [7, 11) is 0. The van der Waals surface area contributed by atoms with Crippen LogP contribution in [0.5, 0.6) is 0 Å². The Kier molecular flexibility index (Phi) is 4.19. The Morgan fingerprint density at radius 3 is 2.76 bits per heavy atom. The SMILES string of the molecule is CC(C)(C)NC(=O)Cn1c(CCl)nc2c(C#N)cccc21. The predicted octanol–water partition coefficient (Wildman–Crippen LogP) is 2.56. The molecule has 0 aliphatic carbocycles. The molecule has 0 unspecified atom stereocenters. The average Bonchev–Trinajstić information content (AvgIpc) is 2.74. The molecule has 5 nitrogen and oxygen atoms in total. The number of hydrogen-bond donors (Lipinski definition) is 1. The van der Waals surface area contributed by atoms with Crippen molar-refractivity contribution in [3.05, 3.63) is 29.6 Å². The van der Waals surface area contributed by atoms with E-state index in [4.69, 9.17) is 16.9 Å². The molecule has 0 atom stereocenters. The summed E-state index contributed by atoms with van der Waals surface area (Å²) >= 11 is 5.92. The maximum atomic E-state index is 12.1. The quantitative estimate of drug-likeness (QED) is 0.886. The Labute approximate surface area is 128 Å². The normalized spacial score (nSPS) is 11.4. The van der Waals surface area contributed by atoms with Crippen LogP contribution in [0.4, 0.5) is 0 Å². The average molecular weight is 305 g/mol. The Hall–Kier alpha value is -2.06. The van der Waals surface area contributed by atoms with E-state index >= 15 is 0 Å². The van der Waals surface area contributed by atoms with E-state index in [0.29, 0.717) is 16.9 Å². The van der Waals surface area contributed by atoms with Crippen LogP contribution in [0.2, 0.25) is 0 Å². The van der Waals surface area contributed by atoms with Crippen molar-refractivity contribution in [1.29, 1.82) is 5.26 Å². The van der Waals surface area contributed by atoms with Crippen LogP contribution < -0.4 is 5.32 Å². The third-order valence-corrected chi connectivity index (χ3v) is 3.15. The molecule has 1 heterocycles. The van der Waals surface area contributed by atoms with E-state index in [2.05, 4.69) is 16.4 Å². The highest BCUT2D eigenvalue weighted by molar-refractivity contribution is 6.17. The Morgan fingerprint density at radius 1 is 1.48 bits per heavy atom. The molecule has 1 N–H and O–H groups in total. The standard InChI is InChI=1S/C15H17ClN4O/c1-15(2,3)19-13(21)9-20-11-6-4-5-10(8-17)14(11)18-12(20)7-16/h4-6H,7,9H2,1-3H3,(H,19,21). The van der Waals surface area contributed by atoms with Crippen molar-refractivity contribution in [3.63, 3.8) is 0 Å². The minimum atomic E-state index is -0.299. The molecule has 0 aliphatic rings. The summed E-state index contributed by atoms with van der Waals surface area (Å²) in [4.78, 5) is 16.5. The van der Waals surface area contributed by atoms with E-state index < -0.39 is 0 Å². The van der Waals surface area contributed by atoms with Gasteiger partial charge in [0.05, 0.1) is 17.0 Å². The maximum absolute atomic E-state index is 12.1. The van der Waals surface area contributed by atoms with Gasteiger partial charge in [-0.3, -0.25) is 4.79 Å². The molecular formula is C15H17ClN4O. The number of carbonyl (C=O) groups excluding carboxylic acids is 1. The van der Waals surface area contributed by atoms with Crippen LogP contribution in [-0.2, 0) is 17.2 Å². The Morgan fingerprint density at radius 2 is 2.19 bits per heavy atom. The van der Waals surface area contributed by atoms with Crippen molar-refractivity contribution < 1.29 is 4.79 Å². The van der Waals surface area contributed by atoms with E-state index in [9.17, 15) is 4.79 Å². The molecule has 0 bridgehead atoms. The number of rotatable bonds is 3. The van der Waals surface area contributed by atoms with Gasteiger partial charge in [0.2, 0.25) is 5.91 Å². The fourth-order valence-corrected chi connectivity index (χ4v) is 2.37. The number of alkyl halides is 1. The zero-order valence-electron chi connectivity index (χ0n) is 12.3. The molecule has 21 heavy (non-hydrogen) atoms. The van der Waals surface area contributed by atoms with E-state index in [0.717, 1.165) is 5.52 Å². The van der Waals surface area contributed by atoms with Gasteiger partial charge in [0, 0.05) is 5.54 Å². The molecule has 0 saturated carbocycles. The first-order valence-electron chi connectivity index (χ1n) is 6.61. The van der Waals surface area contributed by atoms with Gasteiger partial charge in [-0.2, -0.15) is 5.26 Å². The van der Waals surface area contributed by atoms with Crippen molar-refractivity contribution in [2.45, 2.75) is 38.7 Å². The molecule has 0 fully saturated rings. The number of carbonyl (C=O) groups is 1. The second-order valence-corrected chi connectivity index (χ2v) is 6.10. The van der Waals surface area contributed by atoms with Crippen LogP contribution in [0, 0.1) is 11.3 Å². The minimum Gasteiger partial charge on any atom is -0.350 e. The van der Waals surface area contributed by atoms with Crippen molar-refractivity contribution in [2.75, 3.05) is 0 Å². The van der Waals surface area contributed by atoms with E-state index in [1.807, 2.05) is 26.8 Å². The Balaban J connectivity index is 2.44. The summed E-state index contributed by atoms with van der Waals surface area (Å²) in [5.41, 5.74) is 1.51. The second-order valence-electron chi connectivity index (χ2n) is 5.83. The monoisotopic (exact) mass is 304 g/mol. The van der Waals surface area contributed by atoms with E-state index in [1.165, 1.54) is 0 Å². The lowest BCUT2D eigenvalue weighted by molar-refractivity contribution is -0.123. The van der Waals surface area contributed by atoms with Gasteiger partial charge >= 0.3 is 0 Å². The van der Waals surface area contributed by atoms with Gasteiger partial charge in [-0.1, -0.05) is 6.07 Å². The first kappa shape index (κ1) is 15.3. The number of nitrogens with one attached hydrogen (secondary N) is 1. The zero-order chi connectivity index (χ0) is 15.6. The Bertz CT molecular complexity index is 722. The number of aromatic nitrogens is 2. The first-order valence-corrected chi connectivity index (χ1v) is 7.14. The number of imidazole rings is 1. The van der Waals surface area contributed by atoms with Crippen LogP contribution in [0.25, 0.3) is 11.0 Å². The third-order valence-electron chi connectivity index (χ3n) is 2.91. The summed E-state index contributed by atoms with van der Waals surface area (Å²) in [6, 6.07) is 7.42. The van der Waals surface area contributed by atoms with Crippen LogP contribution in [0.15, 0.2) is 18.2 Å². The number of nitrogens with zero attached hydrogens (tertiary/aromatic N) is 3. The van der Waals surface area contributed by atoms with Crippen LogP contribution in [0.1, 0.15) is 32.2 Å². The lowest BCUT2D eigenvalue weighted by Gasteiger charge is -2.21. The van der Waals surface area contributed by atoms with Crippen molar-refractivity contribution >= 4 is 28.5 Å². The molecule has 0 radical (unpaired) electrons. The third kappa shape index (κ3) is 3.34. The molecule has 1 amide bonds. The van der Waals surface area contributed by atoms with E-state index in [1.54, 1.807) is 16.7 Å². The van der Waals surface area contributed by atoms with Crippen LogP contribution in [-0.4, -0.2) is 21.0 Å². The lowest BCUT2D eigenvalue weighted by atomic mass is 10.1. The fourth-order valence-electron chi connectivity index (χ4n) is 2.17. The highest BCUT2D eigenvalue weighted by Gasteiger charge is 2.18. The van der Waals surface area contributed by atoms with Gasteiger partial charge in [0.1, 0.15) is 24.0 Å². The highest BCUT2D eigenvalue weighted by Crippen LogP contribution is 2.21. The van der Waals surface area contributed by atoms with Gasteiger partial charge in [-0.25, -0.2) is 4.98 Å². The van der Waals surface area contributed by atoms with Crippen molar-refractivity contribution in [3.8, 4) is 6.07 Å². The fraction of sp³-hybridized carbons (Fsp3) is 0.400. The summed E-state index contributed by atoms with van der Waals surface area (Å²) in [6.45, 7) is 5.90. The molecule has 1 aromatic heterocycles. The highest BCUT2D eigenvalue weighted by atomic mass is 35.5. The molecule has 2 aromatic rings. The molecule has 1 aromatic carbocycles. The molecule has 0 spiro atoms. The summed E-state index contributed by atoms with van der Waals surface area (Å²) in [5, 5.41) is 12.0. The van der Waals surface area contributed by atoms with Gasteiger partial charge in [-0.15, -0.1) is 11.6 Å². The molecular weight excluding hydrogens is 288 g/mol. The number of hydrogen-bond acceptors (Lipinski definition) is 3. The molecule has 110 valence electrons. The summed E-state index contributed by atoms with van der Waals surface area (Å²) in [6.07, 6.45) is 0. The van der Waals surface area contributed by atoms with Gasteiger partial charge in [0.25, 0.3) is 0 Å². The first-order chi connectivity index (χ1) is 9.85.